The Bertz CT molecular complexity index is 560. The van der Waals surface area contributed by atoms with Gasteiger partial charge in [0.2, 0.25) is 0 Å². The fourth-order valence-electron chi connectivity index (χ4n) is 1.45. The molecule has 0 saturated heterocycles. The fourth-order valence-corrected chi connectivity index (χ4v) is 1.45. The number of anilines is 2. The highest BCUT2D eigenvalue weighted by Crippen LogP contribution is 2.11. The third-order valence-corrected chi connectivity index (χ3v) is 2.53. The number of carbonyl (C=O) groups is 1. The van der Waals surface area contributed by atoms with Gasteiger partial charge in [-0.25, -0.2) is 9.97 Å². The summed E-state index contributed by atoms with van der Waals surface area (Å²) in [5.74, 6) is 0.308. The second-order valence-electron chi connectivity index (χ2n) is 4.29. The summed E-state index contributed by atoms with van der Waals surface area (Å²) in [7, 11) is 1.74. The average Bonchev–Trinajstić information content (AvgIpc) is 2.87. The van der Waals surface area contributed by atoms with E-state index in [-0.39, 0.29) is 17.6 Å². The molecule has 0 aliphatic heterocycles. The third kappa shape index (κ3) is 3.06. The van der Waals surface area contributed by atoms with Crippen molar-refractivity contribution < 1.29 is 4.79 Å². The molecule has 100 valence electrons. The molecule has 0 aliphatic rings. The molecule has 0 spiro atoms. The van der Waals surface area contributed by atoms with Crippen LogP contribution in [0.25, 0.3) is 0 Å². The maximum absolute atomic E-state index is 11.9. The third-order valence-electron chi connectivity index (χ3n) is 2.53. The molecule has 7 nitrogen and oxygen atoms in total. The van der Waals surface area contributed by atoms with Crippen molar-refractivity contribution in [2.24, 2.45) is 0 Å². The predicted octanol–water partition coefficient (Wildman–Crippen LogP) is 1.55. The zero-order valence-electron chi connectivity index (χ0n) is 11.1. The average molecular weight is 260 g/mol. The van der Waals surface area contributed by atoms with Crippen LogP contribution in [0, 0.1) is 0 Å². The Labute approximate surface area is 111 Å². The van der Waals surface area contributed by atoms with E-state index >= 15 is 0 Å². The molecule has 7 heteroatoms. The van der Waals surface area contributed by atoms with Crippen molar-refractivity contribution in [3.05, 3.63) is 30.5 Å². The van der Waals surface area contributed by atoms with Gasteiger partial charge in [-0.1, -0.05) is 0 Å². The van der Waals surface area contributed by atoms with Gasteiger partial charge in [-0.05, 0) is 13.8 Å². The Kier molecular flexibility index (Phi) is 3.74. The van der Waals surface area contributed by atoms with Gasteiger partial charge < -0.3 is 10.6 Å². The van der Waals surface area contributed by atoms with Gasteiger partial charge in [-0.3, -0.25) is 9.48 Å². The maximum atomic E-state index is 11.9. The van der Waals surface area contributed by atoms with Crippen LogP contribution in [0.3, 0.4) is 0 Å². The zero-order chi connectivity index (χ0) is 13.8. The zero-order valence-corrected chi connectivity index (χ0v) is 11.1. The molecule has 0 fully saturated rings. The highest BCUT2D eigenvalue weighted by atomic mass is 16.1. The molecule has 0 unspecified atom stereocenters. The van der Waals surface area contributed by atoms with E-state index in [1.807, 2.05) is 13.8 Å². The Morgan fingerprint density at radius 1 is 1.26 bits per heavy atom. The van der Waals surface area contributed by atoms with E-state index in [0.29, 0.717) is 11.5 Å². The first kappa shape index (κ1) is 13.0. The molecule has 2 heterocycles. The van der Waals surface area contributed by atoms with Crippen LogP contribution in [-0.2, 0) is 0 Å². The second-order valence-corrected chi connectivity index (χ2v) is 4.29. The molecule has 0 radical (unpaired) electrons. The van der Waals surface area contributed by atoms with Crippen molar-refractivity contribution in [1.82, 2.24) is 19.7 Å². The molecule has 0 atom stereocenters. The van der Waals surface area contributed by atoms with Crippen LogP contribution in [-0.4, -0.2) is 32.7 Å². The van der Waals surface area contributed by atoms with Gasteiger partial charge >= 0.3 is 0 Å². The number of amides is 1. The highest BCUT2D eigenvalue weighted by Gasteiger charge is 2.10. The molecule has 0 aromatic carbocycles. The number of nitrogens with zero attached hydrogens (tertiary/aromatic N) is 4. The molecule has 0 saturated carbocycles. The van der Waals surface area contributed by atoms with Crippen LogP contribution in [0.15, 0.2) is 24.8 Å². The van der Waals surface area contributed by atoms with E-state index in [1.54, 1.807) is 24.1 Å². The van der Waals surface area contributed by atoms with E-state index in [0.717, 1.165) is 0 Å². The Hall–Kier alpha value is -2.44. The minimum Gasteiger partial charge on any atom is -0.372 e. The minimum absolute atomic E-state index is 0.250. The van der Waals surface area contributed by atoms with E-state index in [2.05, 4.69) is 25.7 Å². The van der Waals surface area contributed by atoms with E-state index in [4.69, 9.17) is 0 Å². The fraction of sp³-hybridized carbons (Fsp3) is 0.333. The lowest BCUT2D eigenvalue weighted by molar-refractivity contribution is 0.102. The van der Waals surface area contributed by atoms with Crippen molar-refractivity contribution in [3.8, 4) is 0 Å². The summed E-state index contributed by atoms with van der Waals surface area (Å²) in [5.41, 5.74) is 0.898. The molecular weight excluding hydrogens is 244 g/mol. The monoisotopic (exact) mass is 260 g/mol. The lowest BCUT2D eigenvalue weighted by atomic mass is 10.4. The summed E-state index contributed by atoms with van der Waals surface area (Å²) in [5, 5.41) is 9.71. The molecule has 2 rings (SSSR count). The number of hydrogen-bond donors (Lipinski definition) is 2. The molecule has 0 aliphatic carbocycles. The topological polar surface area (TPSA) is 84.7 Å². The van der Waals surface area contributed by atoms with Crippen molar-refractivity contribution in [2.45, 2.75) is 19.9 Å². The molecule has 2 aromatic rings. The van der Waals surface area contributed by atoms with E-state index < -0.39 is 0 Å². The lowest BCUT2D eigenvalue weighted by Crippen LogP contribution is -2.14. The number of aromatic nitrogens is 4. The van der Waals surface area contributed by atoms with Gasteiger partial charge in [0.05, 0.1) is 24.3 Å². The summed E-state index contributed by atoms with van der Waals surface area (Å²) < 4.78 is 1.77. The van der Waals surface area contributed by atoms with Gasteiger partial charge in [-0.2, -0.15) is 5.10 Å². The number of rotatable bonds is 4. The van der Waals surface area contributed by atoms with Gasteiger partial charge in [0.1, 0.15) is 11.5 Å². The predicted molar refractivity (Wildman–Crippen MR) is 72.1 cm³/mol. The Balaban J connectivity index is 2.06. The van der Waals surface area contributed by atoms with Crippen molar-refractivity contribution in [3.63, 3.8) is 0 Å². The number of carbonyl (C=O) groups excluding carboxylic acids is 1. The van der Waals surface area contributed by atoms with Crippen molar-refractivity contribution in [1.29, 1.82) is 0 Å². The first-order valence-corrected chi connectivity index (χ1v) is 5.95. The summed E-state index contributed by atoms with van der Waals surface area (Å²) in [6.45, 7) is 4.03. The summed E-state index contributed by atoms with van der Waals surface area (Å²) >= 11 is 0. The molecule has 1 amide bonds. The summed E-state index contributed by atoms with van der Waals surface area (Å²) in [4.78, 5) is 20.0. The van der Waals surface area contributed by atoms with E-state index in [9.17, 15) is 4.79 Å². The Morgan fingerprint density at radius 3 is 2.58 bits per heavy atom. The first-order valence-electron chi connectivity index (χ1n) is 5.95. The van der Waals surface area contributed by atoms with Gasteiger partial charge in [0, 0.05) is 19.3 Å². The number of hydrogen-bond acceptors (Lipinski definition) is 5. The summed E-state index contributed by atoms with van der Waals surface area (Å²) in [6, 6.07) is 0.250. The molecule has 0 bridgehead atoms. The lowest BCUT2D eigenvalue weighted by Gasteiger charge is -2.04. The van der Waals surface area contributed by atoms with Crippen LogP contribution >= 0.6 is 0 Å². The van der Waals surface area contributed by atoms with Crippen LogP contribution in [0.2, 0.25) is 0 Å². The standard InChI is InChI=1S/C12H16N6O/c1-8(2)18-7-9(4-16-18)17-12(19)10-5-15-11(13-3)6-14-10/h4-8H,1-3H3,(H,13,15)(H,17,19). The minimum atomic E-state index is -0.307. The first-order chi connectivity index (χ1) is 9.10. The van der Waals surface area contributed by atoms with Crippen molar-refractivity contribution in [2.75, 3.05) is 17.7 Å². The largest absolute Gasteiger partial charge is 0.372 e. The normalized spacial score (nSPS) is 10.5. The van der Waals surface area contributed by atoms with E-state index in [1.165, 1.54) is 12.4 Å². The van der Waals surface area contributed by atoms with Crippen LogP contribution < -0.4 is 10.6 Å². The Morgan fingerprint density at radius 2 is 2.05 bits per heavy atom. The molecule has 2 N–H and O–H groups in total. The van der Waals surface area contributed by atoms with Gasteiger partial charge in [0.15, 0.2) is 0 Å². The number of nitrogens with one attached hydrogen (secondary N) is 2. The highest BCUT2D eigenvalue weighted by molar-refractivity contribution is 6.02. The maximum Gasteiger partial charge on any atom is 0.275 e. The summed E-state index contributed by atoms with van der Waals surface area (Å²) in [6.07, 6.45) is 6.31. The second kappa shape index (κ2) is 5.47. The smallest absolute Gasteiger partial charge is 0.275 e. The molecule has 2 aromatic heterocycles. The van der Waals surface area contributed by atoms with Gasteiger partial charge in [0.25, 0.3) is 5.91 Å². The molecular formula is C12H16N6O. The van der Waals surface area contributed by atoms with Gasteiger partial charge in [-0.15, -0.1) is 0 Å². The quantitative estimate of drug-likeness (QED) is 0.871. The SMILES string of the molecule is CNc1cnc(C(=O)Nc2cnn(C(C)C)c2)cn1. The molecule has 19 heavy (non-hydrogen) atoms. The van der Waals surface area contributed by atoms with Crippen molar-refractivity contribution >= 4 is 17.4 Å². The van der Waals surface area contributed by atoms with Crippen LogP contribution in [0.5, 0.6) is 0 Å². The van der Waals surface area contributed by atoms with Crippen LogP contribution in [0.4, 0.5) is 11.5 Å². The van der Waals surface area contributed by atoms with Crippen LogP contribution in [0.1, 0.15) is 30.4 Å².